The van der Waals surface area contributed by atoms with E-state index in [1.165, 1.54) is 65.9 Å². The molecule has 0 spiro atoms. The Morgan fingerprint density at radius 3 is 1.56 bits per heavy atom. The molecule has 5 heteroatoms. The second-order valence-electron chi connectivity index (χ2n) is 13.1. The number of hydrogen-bond acceptors (Lipinski definition) is 3. The monoisotopic (exact) mass is 645 g/mol. The van der Waals surface area contributed by atoms with E-state index in [-0.39, 0.29) is 18.6 Å². The molecule has 240 valence electrons. The summed E-state index contributed by atoms with van der Waals surface area (Å²) < 4.78 is 4.86. The van der Waals surface area contributed by atoms with E-state index in [9.17, 15) is 0 Å². The number of fused-ring (bicyclic) bond motifs is 6. The molecule has 0 aliphatic carbocycles. The fourth-order valence-corrected chi connectivity index (χ4v) is 7.90. The Kier molecular flexibility index (Phi) is 6.88. The van der Waals surface area contributed by atoms with Gasteiger partial charge in [0.1, 0.15) is 6.29 Å². The molecule has 5 nitrogen and oxygen atoms in total. The zero-order valence-electron chi connectivity index (χ0n) is 27.4. The molecular formula is C45H35N5. The topological polar surface area (TPSA) is 46.0 Å². The van der Waals surface area contributed by atoms with E-state index < -0.39 is 0 Å². The lowest BCUT2D eigenvalue weighted by Crippen LogP contribution is -2.56. The van der Waals surface area contributed by atoms with Crippen molar-refractivity contribution in [3.05, 3.63) is 187 Å². The molecule has 10 rings (SSSR count). The van der Waals surface area contributed by atoms with Gasteiger partial charge in [0.05, 0.1) is 34.4 Å². The lowest BCUT2D eigenvalue weighted by molar-refractivity contribution is 0.161. The molecule has 1 fully saturated rings. The van der Waals surface area contributed by atoms with Gasteiger partial charge in [-0.15, -0.1) is 0 Å². The van der Waals surface area contributed by atoms with Crippen molar-refractivity contribution < 1.29 is 0 Å². The maximum absolute atomic E-state index is 3.97. The van der Waals surface area contributed by atoms with Crippen molar-refractivity contribution in [1.29, 1.82) is 0 Å². The van der Waals surface area contributed by atoms with E-state index in [1.807, 2.05) is 0 Å². The van der Waals surface area contributed by atoms with Crippen LogP contribution in [0.1, 0.15) is 29.7 Å². The summed E-state index contributed by atoms with van der Waals surface area (Å²) in [5.41, 5.74) is 10.8. The SMILES string of the molecule is c1ccc(-c2ccc(C3NC(c4ccccc4)NC(n4c5ccccc5c5cc6c(cc54)c4ccccc4n6-c4ccccc4)N3)cc2)cc1. The highest BCUT2D eigenvalue weighted by Crippen LogP contribution is 2.40. The van der Waals surface area contributed by atoms with Crippen molar-refractivity contribution in [3.63, 3.8) is 0 Å². The third-order valence-corrected chi connectivity index (χ3v) is 10.2. The van der Waals surface area contributed by atoms with Crippen LogP contribution < -0.4 is 16.0 Å². The molecule has 1 saturated heterocycles. The van der Waals surface area contributed by atoms with Gasteiger partial charge < -0.3 is 9.13 Å². The van der Waals surface area contributed by atoms with Gasteiger partial charge in [-0.3, -0.25) is 16.0 Å². The molecule has 0 saturated carbocycles. The van der Waals surface area contributed by atoms with Gasteiger partial charge in [-0.2, -0.15) is 0 Å². The van der Waals surface area contributed by atoms with Crippen LogP contribution in [-0.4, -0.2) is 9.13 Å². The van der Waals surface area contributed by atoms with Crippen LogP contribution in [0.3, 0.4) is 0 Å². The molecule has 1 aliphatic rings. The molecule has 0 radical (unpaired) electrons. The standard InChI is InChI=1S/C45H35N5/c1-4-14-30(15-5-1)31-24-26-33(27-25-31)44-46-43(32-16-6-2-7-17-32)47-45(48-44)50-40-23-13-11-21-36(40)38-28-41-37(29-42(38)50)35-20-10-12-22-39(35)49(41)34-18-8-3-9-19-34/h1-29,43-48H. The lowest BCUT2D eigenvalue weighted by Gasteiger charge is -2.40. The molecule has 0 bridgehead atoms. The molecule has 2 aromatic heterocycles. The van der Waals surface area contributed by atoms with Crippen molar-refractivity contribution in [3.8, 4) is 16.8 Å². The summed E-state index contributed by atoms with van der Waals surface area (Å²) >= 11 is 0. The smallest absolute Gasteiger partial charge is 0.142 e. The van der Waals surface area contributed by atoms with Crippen LogP contribution in [-0.2, 0) is 0 Å². The van der Waals surface area contributed by atoms with Gasteiger partial charge >= 0.3 is 0 Å². The van der Waals surface area contributed by atoms with Crippen LogP contribution in [0.15, 0.2) is 176 Å². The highest BCUT2D eigenvalue weighted by molar-refractivity contribution is 6.18. The van der Waals surface area contributed by atoms with Gasteiger partial charge in [0.2, 0.25) is 0 Å². The summed E-state index contributed by atoms with van der Waals surface area (Å²) in [6, 6.07) is 63.2. The largest absolute Gasteiger partial charge is 0.311 e. The minimum atomic E-state index is -0.206. The fourth-order valence-electron chi connectivity index (χ4n) is 7.90. The number of aromatic nitrogens is 2. The van der Waals surface area contributed by atoms with Crippen molar-refractivity contribution in [2.45, 2.75) is 18.6 Å². The number of nitrogens with one attached hydrogen (secondary N) is 3. The van der Waals surface area contributed by atoms with Gasteiger partial charge in [0, 0.05) is 27.2 Å². The van der Waals surface area contributed by atoms with Crippen LogP contribution >= 0.6 is 0 Å². The van der Waals surface area contributed by atoms with E-state index in [4.69, 9.17) is 0 Å². The fraction of sp³-hybridized carbons (Fsp3) is 0.0667. The average molecular weight is 646 g/mol. The van der Waals surface area contributed by atoms with Crippen molar-refractivity contribution >= 4 is 43.6 Å². The van der Waals surface area contributed by atoms with Crippen molar-refractivity contribution in [1.82, 2.24) is 25.1 Å². The Labute approximate surface area is 290 Å². The first-order valence-electron chi connectivity index (χ1n) is 17.3. The molecule has 50 heavy (non-hydrogen) atoms. The van der Waals surface area contributed by atoms with Crippen LogP contribution in [0, 0.1) is 0 Å². The second-order valence-corrected chi connectivity index (χ2v) is 13.1. The van der Waals surface area contributed by atoms with E-state index in [0.29, 0.717) is 0 Å². The summed E-state index contributed by atoms with van der Waals surface area (Å²) in [6.07, 6.45) is -0.389. The average Bonchev–Trinajstić information content (AvgIpc) is 3.70. The lowest BCUT2D eigenvalue weighted by atomic mass is 10.0. The van der Waals surface area contributed by atoms with Crippen LogP contribution in [0.25, 0.3) is 60.4 Å². The predicted molar refractivity (Wildman–Crippen MR) is 206 cm³/mol. The Balaban J connectivity index is 1.16. The number of hydrogen-bond donors (Lipinski definition) is 3. The first-order chi connectivity index (χ1) is 24.8. The van der Waals surface area contributed by atoms with Crippen molar-refractivity contribution in [2.75, 3.05) is 0 Å². The second kappa shape index (κ2) is 11.9. The van der Waals surface area contributed by atoms with Gasteiger partial charge in [-0.05, 0) is 58.7 Å². The van der Waals surface area contributed by atoms with Gasteiger partial charge in [0.25, 0.3) is 0 Å². The first-order valence-corrected chi connectivity index (χ1v) is 17.3. The summed E-state index contributed by atoms with van der Waals surface area (Å²) in [4.78, 5) is 0. The molecule has 3 heterocycles. The molecule has 1 aliphatic heterocycles. The maximum atomic E-state index is 3.97. The molecule has 0 amide bonds. The zero-order valence-corrected chi connectivity index (χ0v) is 27.4. The van der Waals surface area contributed by atoms with E-state index in [0.717, 1.165) is 5.69 Å². The molecule has 3 N–H and O–H groups in total. The highest BCUT2D eigenvalue weighted by Gasteiger charge is 2.31. The van der Waals surface area contributed by atoms with Gasteiger partial charge in [0.15, 0.2) is 0 Å². The summed E-state index contributed by atoms with van der Waals surface area (Å²) in [5.74, 6) is 0. The Morgan fingerprint density at radius 1 is 0.360 bits per heavy atom. The summed E-state index contributed by atoms with van der Waals surface area (Å²) in [6.45, 7) is 0. The normalized spacial score (nSPS) is 18.0. The number of rotatable bonds is 5. The van der Waals surface area contributed by atoms with Crippen LogP contribution in [0.2, 0.25) is 0 Å². The number of benzene rings is 7. The molecular weight excluding hydrogens is 611 g/mol. The van der Waals surface area contributed by atoms with Crippen LogP contribution in [0.4, 0.5) is 0 Å². The Hall–Kier alpha value is -5.98. The van der Waals surface area contributed by atoms with Gasteiger partial charge in [-0.1, -0.05) is 140 Å². The summed E-state index contributed by atoms with van der Waals surface area (Å²) in [5, 5.41) is 16.7. The molecule has 3 atom stereocenters. The third-order valence-electron chi connectivity index (χ3n) is 10.2. The minimum Gasteiger partial charge on any atom is -0.311 e. The van der Waals surface area contributed by atoms with E-state index >= 15 is 0 Å². The maximum Gasteiger partial charge on any atom is 0.142 e. The quantitative estimate of drug-likeness (QED) is 0.175. The predicted octanol–water partition coefficient (Wildman–Crippen LogP) is 10.2. The number of para-hydroxylation sites is 3. The van der Waals surface area contributed by atoms with E-state index in [1.54, 1.807) is 0 Å². The summed E-state index contributed by atoms with van der Waals surface area (Å²) in [7, 11) is 0. The molecule has 9 aromatic rings. The Bertz CT molecular complexity index is 2620. The zero-order chi connectivity index (χ0) is 33.0. The number of nitrogens with zero attached hydrogens (tertiary/aromatic N) is 2. The molecule has 3 unspecified atom stereocenters. The molecule has 7 aromatic carbocycles. The first kappa shape index (κ1) is 29.0. The van der Waals surface area contributed by atoms with E-state index in [2.05, 4.69) is 201 Å². The van der Waals surface area contributed by atoms with Crippen molar-refractivity contribution in [2.24, 2.45) is 0 Å². The van der Waals surface area contributed by atoms with Gasteiger partial charge in [-0.25, -0.2) is 0 Å². The highest BCUT2D eigenvalue weighted by atomic mass is 15.4. The third kappa shape index (κ3) is 4.75. The minimum absolute atomic E-state index is 0.0822. The van der Waals surface area contributed by atoms with Crippen LogP contribution in [0.5, 0.6) is 0 Å². The Morgan fingerprint density at radius 2 is 0.860 bits per heavy atom.